The van der Waals surface area contributed by atoms with E-state index in [1.54, 1.807) is 0 Å². The number of benzene rings is 3. The molecule has 2 N–H and O–H groups in total. The van der Waals surface area contributed by atoms with Crippen LogP contribution in [0.3, 0.4) is 0 Å². The zero-order valence-electron chi connectivity index (χ0n) is 14.1. The van der Waals surface area contributed by atoms with Crippen molar-refractivity contribution in [1.29, 1.82) is 0 Å². The average molecular weight is 476 g/mol. The van der Waals surface area contributed by atoms with E-state index in [0.717, 1.165) is 26.0 Å². The van der Waals surface area contributed by atoms with E-state index in [2.05, 4.69) is 42.1 Å². The molecule has 134 valence electrons. The molecule has 0 aliphatic carbocycles. The molecule has 0 radical (unpaired) electrons. The number of halogens is 2. The highest BCUT2D eigenvalue weighted by Crippen LogP contribution is 2.28. The fourth-order valence-electron chi connectivity index (χ4n) is 2.67. The minimum atomic E-state index is -0.525. The molecule has 0 bridgehead atoms. The van der Waals surface area contributed by atoms with Crippen LogP contribution in [0.15, 0.2) is 87.8 Å². The normalized spacial score (nSPS) is 11.8. The van der Waals surface area contributed by atoms with Gasteiger partial charge in [0.15, 0.2) is 0 Å². The van der Waals surface area contributed by atoms with E-state index in [9.17, 15) is 5.11 Å². The van der Waals surface area contributed by atoms with E-state index in [1.165, 1.54) is 0 Å². The van der Waals surface area contributed by atoms with Crippen molar-refractivity contribution < 1.29 is 5.11 Å². The van der Waals surface area contributed by atoms with Gasteiger partial charge < -0.3 is 15.3 Å². The van der Waals surface area contributed by atoms with E-state index < -0.39 is 6.10 Å². The smallest absolute Gasteiger partial charge is 0.0891 e. The summed E-state index contributed by atoms with van der Waals surface area (Å²) in [5.74, 6) is 0. The number of aliphatic hydroxyl groups excluding tert-OH is 1. The summed E-state index contributed by atoms with van der Waals surface area (Å²) in [6.07, 6.45) is -0.525. The van der Waals surface area contributed by atoms with E-state index in [1.807, 2.05) is 78.9 Å². The maximum atomic E-state index is 10.6. The predicted molar refractivity (Wildman–Crippen MR) is 116 cm³/mol. The maximum Gasteiger partial charge on any atom is 0.0891 e. The van der Waals surface area contributed by atoms with Crippen molar-refractivity contribution >= 4 is 48.9 Å². The molecule has 0 heterocycles. The molecule has 5 heteroatoms. The summed E-state index contributed by atoms with van der Waals surface area (Å²) in [7, 11) is 0. The quantitative estimate of drug-likeness (QED) is 0.451. The van der Waals surface area contributed by atoms with Crippen LogP contribution in [0.2, 0.25) is 0 Å². The number of anilines is 3. The first-order valence-electron chi connectivity index (χ1n) is 8.37. The molecule has 0 aliphatic heterocycles. The minimum Gasteiger partial charge on any atom is -0.389 e. The Bertz CT molecular complexity index is 762. The number of nitrogens with zero attached hydrogens (tertiary/aromatic N) is 1. The molecule has 0 saturated carbocycles. The first-order chi connectivity index (χ1) is 12.6. The number of rotatable bonds is 7. The van der Waals surface area contributed by atoms with E-state index in [4.69, 9.17) is 0 Å². The molecule has 0 spiro atoms. The van der Waals surface area contributed by atoms with E-state index >= 15 is 0 Å². The van der Waals surface area contributed by atoms with Crippen molar-refractivity contribution in [2.45, 2.75) is 6.10 Å². The van der Waals surface area contributed by atoms with Crippen molar-refractivity contribution in [1.82, 2.24) is 0 Å². The second-order valence-corrected chi connectivity index (χ2v) is 7.80. The van der Waals surface area contributed by atoms with Crippen molar-refractivity contribution in [2.24, 2.45) is 0 Å². The largest absolute Gasteiger partial charge is 0.389 e. The van der Waals surface area contributed by atoms with Gasteiger partial charge in [0.2, 0.25) is 0 Å². The molecule has 0 fully saturated rings. The number of hydrogen-bond acceptors (Lipinski definition) is 3. The molecule has 0 aromatic heterocycles. The third-order valence-corrected chi connectivity index (χ3v) is 5.04. The van der Waals surface area contributed by atoms with Crippen LogP contribution >= 0.6 is 31.9 Å². The molecule has 3 aromatic carbocycles. The molecule has 3 nitrogen and oxygen atoms in total. The van der Waals surface area contributed by atoms with E-state index in [0.29, 0.717) is 13.1 Å². The fraction of sp³-hybridized carbons (Fsp3) is 0.143. The minimum absolute atomic E-state index is 0.480. The lowest BCUT2D eigenvalue weighted by Gasteiger charge is -2.28. The van der Waals surface area contributed by atoms with Crippen LogP contribution in [0.4, 0.5) is 17.1 Å². The van der Waals surface area contributed by atoms with Crippen LogP contribution < -0.4 is 10.2 Å². The van der Waals surface area contributed by atoms with E-state index in [-0.39, 0.29) is 0 Å². The average Bonchev–Trinajstić information content (AvgIpc) is 2.67. The zero-order valence-corrected chi connectivity index (χ0v) is 17.3. The molecule has 0 aliphatic rings. The summed E-state index contributed by atoms with van der Waals surface area (Å²) in [6.45, 7) is 0.969. The molecule has 1 atom stereocenters. The molecule has 3 rings (SSSR count). The Hall–Kier alpha value is -1.82. The van der Waals surface area contributed by atoms with Gasteiger partial charge in [0.25, 0.3) is 0 Å². The molecule has 3 aromatic rings. The Balaban J connectivity index is 1.74. The highest BCUT2D eigenvalue weighted by Gasteiger charge is 2.15. The van der Waals surface area contributed by atoms with Gasteiger partial charge in [-0.1, -0.05) is 50.1 Å². The van der Waals surface area contributed by atoms with Crippen LogP contribution in [0.1, 0.15) is 0 Å². The zero-order chi connectivity index (χ0) is 18.4. The van der Waals surface area contributed by atoms with Gasteiger partial charge >= 0.3 is 0 Å². The molecule has 1 unspecified atom stereocenters. The standard InChI is InChI=1S/C21H20Br2N2O/c22-16-6-10-19(11-7-16)25(20-12-8-17(23)9-13-20)15-21(26)14-24-18-4-2-1-3-5-18/h1-13,21,24,26H,14-15H2. The number of nitrogens with one attached hydrogen (secondary N) is 1. The van der Waals surface area contributed by atoms with Crippen LogP contribution in [0.25, 0.3) is 0 Å². The molecular formula is C21H20Br2N2O. The highest BCUT2D eigenvalue weighted by molar-refractivity contribution is 9.10. The lowest BCUT2D eigenvalue weighted by Crippen LogP contribution is -2.33. The van der Waals surface area contributed by atoms with Gasteiger partial charge in [-0.2, -0.15) is 0 Å². The third-order valence-electron chi connectivity index (χ3n) is 3.99. The van der Waals surface area contributed by atoms with Crippen LogP contribution in [0.5, 0.6) is 0 Å². The van der Waals surface area contributed by atoms with Crippen molar-refractivity contribution in [3.63, 3.8) is 0 Å². The van der Waals surface area contributed by atoms with Gasteiger partial charge in [-0.3, -0.25) is 0 Å². The van der Waals surface area contributed by atoms with Crippen LogP contribution in [-0.2, 0) is 0 Å². The van der Waals surface area contributed by atoms with Crippen molar-refractivity contribution in [3.8, 4) is 0 Å². The second-order valence-electron chi connectivity index (χ2n) is 5.96. The third kappa shape index (κ3) is 5.34. The number of hydrogen-bond donors (Lipinski definition) is 2. The Morgan fingerprint density at radius 3 is 1.77 bits per heavy atom. The Morgan fingerprint density at radius 2 is 1.27 bits per heavy atom. The first kappa shape index (κ1) is 19.0. The number of aliphatic hydroxyl groups is 1. The monoisotopic (exact) mass is 474 g/mol. The summed E-state index contributed by atoms with van der Waals surface area (Å²) in [6, 6.07) is 26.1. The lowest BCUT2D eigenvalue weighted by molar-refractivity contribution is 0.195. The fourth-order valence-corrected chi connectivity index (χ4v) is 3.20. The molecular weight excluding hydrogens is 456 g/mol. The Morgan fingerprint density at radius 1 is 0.769 bits per heavy atom. The van der Waals surface area contributed by atoms with Crippen molar-refractivity contribution in [3.05, 3.63) is 87.8 Å². The predicted octanol–water partition coefficient (Wildman–Crippen LogP) is 5.82. The topological polar surface area (TPSA) is 35.5 Å². The molecule has 0 amide bonds. The number of para-hydroxylation sites is 1. The summed E-state index contributed by atoms with van der Waals surface area (Å²) in [5, 5.41) is 13.9. The van der Waals surface area contributed by atoms with Gasteiger partial charge in [0, 0.05) is 32.6 Å². The summed E-state index contributed by atoms with van der Waals surface area (Å²) in [4.78, 5) is 2.12. The Labute approximate surface area is 170 Å². The summed E-state index contributed by atoms with van der Waals surface area (Å²) in [5.41, 5.74) is 3.08. The molecule has 0 saturated heterocycles. The second kappa shape index (κ2) is 9.21. The van der Waals surface area contributed by atoms with Gasteiger partial charge in [0.05, 0.1) is 12.6 Å². The van der Waals surface area contributed by atoms with Gasteiger partial charge in [-0.25, -0.2) is 0 Å². The lowest BCUT2D eigenvalue weighted by atomic mass is 10.2. The van der Waals surface area contributed by atoms with Crippen molar-refractivity contribution in [2.75, 3.05) is 23.3 Å². The molecule has 26 heavy (non-hydrogen) atoms. The van der Waals surface area contributed by atoms with Crippen LogP contribution in [-0.4, -0.2) is 24.3 Å². The SMILES string of the molecule is OC(CNc1ccccc1)CN(c1ccc(Br)cc1)c1ccc(Br)cc1. The summed E-state index contributed by atoms with van der Waals surface area (Å²) >= 11 is 6.96. The first-order valence-corrected chi connectivity index (χ1v) is 9.96. The Kier molecular flexibility index (Phi) is 6.72. The van der Waals surface area contributed by atoms with Gasteiger partial charge in [-0.15, -0.1) is 0 Å². The van der Waals surface area contributed by atoms with Crippen LogP contribution in [0, 0.1) is 0 Å². The highest BCUT2D eigenvalue weighted by atomic mass is 79.9. The maximum absolute atomic E-state index is 10.6. The van der Waals surface area contributed by atoms with Gasteiger partial charge in [-0.05, 0) is 60.7 Å². The summed E-state index contributed by atoms with van der Waals surface area (Å²) < 4.78 is 2.06. The van der Waals surface area contributed by atoms with Gasteiger partial charge in [0.1, 0.15) is 0 Å².